The molecule has 1 N–H and O–H groups in total. The van der Waals surface area contributed by atoms with Crippen molar-refractivity contribution in [2.45, 2.75) is 19.9 Å². The van der Waals surface area contributed by atoms with E-state index in [-0.39, 0.29) is 11.9 Å². The molecule has 0 aliphatic heterocycles. The van der Waals surface area contributed by atoms with Gasteiger partial charge in [0.2, 0.25) is 0 Å². The average molecular weight is 422 g/mol. The second-order valence-corrected chi connectivity index (χ2v) is 6.75. The third kappa shape index (κ3) is 3.54. The topological polar surface area (TPSA) is 12.0 Å². The van der Waals surface area contributed by atoms with Gasteiger partial charge in [-0.1, -0.05) is 17.7 Å². The van der Waals surface area contributed by atoms with Crippen molar-refractivity contribution in [2.75, 3.05) is 5.32 Å². The van der Waals surface area contributed by atoms with Gasteiger partial charge in [-0.15, -0.1) is 0 Å². The monoisotopic (exact) mass is 419 g/mol. The molecule has 1 nitrogen and oxygen atoms in total. The minimum atomic E-state index is -0.330. The summed E-state index contributed by atoms with van der Waals surface area (Å²) >= 11 is 13.2. The molecule has 0 aromatic heterocycles. The maximum Gasteiger partial charge on any atom is 0.124 e. The maximum atomic E-state index is 13.1. The zero-order valence-electron chi connectivity index (χ0n) is 11.0. The van der Waals surface area contributed by atoms with Gasteiger partial charge in [0.1, 0.15) is 5.82 Å². The van der Waals surface area contributed by atoms with Crippen LogP contribution in [0.25, 0.3) is 0 Å². The van der Waals surface area contributed by atoms with Crippen LogP contribution in [0.15, 0.2) is 39.3 Å². The fourth-order valence-electron chi connectivity index (χ4n) is 1.98. The average Bonchev–Trinajstić information content (AvgIpc) is 2.33. The molecule has 0 aliphatic carbocycles. The second-order valence-electron chi connectivity index (χ2n) is 4.64. The second kappa shape index (κ2) is 6.46. The van der Waals surface area contributed by atoms with Gasteiger partial charge in [0.05, 0.1) is 11.7 Å². The number of aryl methyl sites for hydroxylation is 1. The predicted octanol–water partition coefficient (Wildman–Crippen LogP) is 6.49. The van der Waals surface area contributed by atoms with E-state index in [1.54, 1.807) is 6.07 Å². The van der Waals surface area contributed by atoms with Gasteiger partial charge in [-0.05, 0) is 81.1 Å². The molecule has 1 atom stereocenters. The summed E-state index contributed by atoms with van der Waals surface area (Å²) in [5.41, 5.74) is 2.96. The molecule has 20 heavy (non-hydrogen) atoms. The Hall–Kier alpha value is -0.580. The maximum absolute atomic E-state index is 13.1. The molecular formula is C15H13Br2ClFN. The molecule has 0 fully saturated rings. The molecule has 0 radical (unpaired) electrons. The Morgan fingerprint density at radius 3 is 2.30 bits per heavy atom. The smallest absolute Gasteiger partial charge is 0.124 e. The summed E-state index contributed by atoms with van der Waals surface area (Å²) in [6.45, 7) is 4.01. The van der Waals surface area contributed by atoms with Crippen LogP contribution in [0.2, 0.25) is 5.02 Å². The highest BCUT2D eigenvalue weighted by Crippen LogP contribution is 2.36. The molecule has 5 heteroatoms. The van der Waals surface area contributed by atoms with Gasteiger partial charge in [-0.3, -0.25) is 0 Å². The van der Waals surface area contributed by atoms with Crippen molar-refractivity contribution < 1.29 is 4.39 Å². The molecule has 0 heterocycles. The van der Waals surface area contributed by atoms with E-state index < -0.39 is 0 Å². The third-order valence-corrected chi connectivity index (χ3v) is 4.55. The highest BCUT2D eigenvalue weighted by molar-refractivity contribution is 9.11. The van der Waals surface area contributed by atoms with Crippen LogP contribution in [-0.4, -0.2) is 0 Å². The van der Waals surface area contributed by atoms with E-state index in [0.717, 1.165) is 25.8 Å². The van der Waals surface area contributed by atoms with Crippen LogP contribution in [-0.2, 0) is 0 Å². The van der Waals surface area contributed by atoms with E-state index in [1.165, 1.54) is 12.1 Å². The molecule has 2 rings (SSSR count). The summed E-state index contributed by atoms with van der Waals surface area (Å²) in [6.07, 6.45) is 0. The summed E-state index contributed by atoms with van der Waals surface area (Å²) in [4.78, 5) is 0. The first-order chi connectivity index (χ1) is 9.38. The molecule has 0 spiro atoms. The summed E-state index contributed by atoms with van der Waals surface area (Å²) in [7, 11) is 0. The molecule has 1 unspecified atom stereocenters. The first kappa shape index (κ1) is 15.8. The first-order valence-electron chi connectivity index (χ1n) is 6.05. The van der Waals surface area contributed by atoms with Crippen LogP contribution < -0.4 is 5.32 Å². The van der Waals surface area contributed by atoms with Crippen LogP contribution in [0.1, 0.15) is 24.1 Å². The largest absolute Gasteiger partial charge is 0.377 e. The fraction of sp³-hybridized carbons (Fsp3) is 0.200. The Morgan fingerprint density at radius 2 is 1.75 bits per heavy atom. The van der Waals surface area contributed by atoms with Gasteiger partial charge in [0.25, 0.3) is 0 Å². The summed E-state index contributed by atoms with van der Waals surface area (Å²) in [5.74, 6) is -0.330. The Morgan fingerprint density at radius 1 is 1.15 bits per heavy atom. The zero-order chi connectivity index (χ0) is 14.9. The summed E-state index contributed by atoms with van der Waals surface area (Å²) < 4.78 is 15.0. The van der Waals surface area contributed by atoms with E-state index in [1.807, 2.05) is 26.0 Å². The van der Waals surface area contributed by atoms with Crippen molar-refractivity contribution >= 4 is 49.1 Å². The van der Waals surface area contributed by atoms with Crippen molar-refractivity contribution in [1.82, 2.24) is 0 Å². The predicted molar refractivity (Wildman–Crippen MR) is 90.0 cm³/mol. The standard InChI is InChI=1S/C15H13Br2ClFN/c1-8-5-12(16)15(13(17)6-8)20-9(2)11-4-3-10(19)7-14(11)18/h3-7,9,20H,1-2H3. The highest BCUT2D eigenvalue weighted by atomic mass is 79.9. The molecular weight excluding hydrogens is 408 g/mol. The molecule has 0 amide bonds. The lowest BCUT2D eigenvalue weighted by Gasteiger charge is -2.19. The van der Waals surface area contributed by atoms with E-state index in [0.29, 0.717) is 5.02 Å². The van der Waals surface area contributed by atoms with Crippen LogP contribution in [0.4, 0.5) is 10.1 Å². The molecule has 106 valence electrons. The third-order valence-electron chi connectivity index (χ3n) is 2.98. The van der Waals surface area contributed by atoms with Gasteiger partial charge >= 0.3 is 0 Å². The number of nitrogens with one attached hydrogen (secondary N) is 1. The zero-order valence-corrected chi connectivity index (χ0v) is 14.9. The van der Waals surface area contributed by atoms with Crippen molar-refractivity contribution in [3.05, 3.63) is 61.2 Å². The quantitative estimate of drug-likeness (QED) is 0.598. The van der Waals surface area contributed by atoms with Crippen LogP contribution >= 0.6 is 43.5 Å². The molecule has 0 saturated heterocycles. The molecule has 0 aliphatic rings. The summed E-state index contributed by atoms with van der Waals surface area (Å²) in [6, 6.07) is 8.47. The van der Waals surface area contributed by atoms with Crippen molar-refractivity contribution in [2.24, 2.45) is 0 Å². The summed E-state index contributed by atoms with van der Waals surface area (Å²) in [5, 5.41) is 3.80. The number of anilines is 1. The van der Waals surface area contributed by atoms with Gasteiger partial charge in [0.15, 0.2) is 0 Å². The lowest BCUT2D eigenvalue weighted by atomic mass is 10.1. The first-order valence-corrected chi connectivity index (χ1v) is 8.02. The van der Waals surface area contributed by atoms with Crippen LogP contribution in [0.3, 0.4) is 0 Å². The lowest BCUT2D eigenvalue weighted by molar-refractivity contribution is 0.626. The number of hydrogen-bond acceptors (Lipinski definition) is 1. The van der Waals surface area contributed by atoms with E-state index in [9.17, 15) is 4.39 Å². The minimum Gasteiger partial charge on any atom is -0.377 e. The van der Waals surface area contributed by atoms with Gasteiger partial charge < -0.3 is 5.32 Å². The number of halogens is 4. The van der Waals surface area contributed by atoms with Gasteiger partial charge in [0, 0.05) is 14.0 Å². The van der Waals surface area contributed by atoms with Crippen molar-refractivity contribution in [3.8, 4) is 0 Å². The van der Waals surface area contributed by atoms with E-state index in [4.69, 9.17) is 11.6 Å². The highest BCUT2D eigenvalue weighted by Gasteiger charge is 2.14. The minimum absolute atomic E-state index is 0.0431. The Labute approximate surface area is 139 Å². The molecule has 2 aromatic carbocycles. The van der Waals surface area contributed by atoms with E-state index in [2.05, 4.69) is 37.2 Å². The molecule has 2 aromatic rings. The van der Waals surface area contributed by atoms with E-state index >= 15 is 0 Å². The van der Waals surface area contributed by atoms with Gasteiger partial charge in [-0.25, -0.2) is 4.39 Å². The van der Waals surface area contributed by atoms with Crippen LogP contribution in [0.5, 0.6) is 0 Å². The Bertz CT molecular complexity index is 623. The molecule has 0 saturated carbocycles. The Kier molecular flexibility index (Phi) is 5.10. The number of hydrogen-bond donors (Lipinski definition) is 1. The van der Waals surface area contributed by atoms with Gasteiger partial charge in [-0.2, -0.15) is 0 Å². The van der Waals surface area contributed by atoms with Crippen molar-refractivity contribution in [1.29, 1.82) is 0 Å². The number of benzene rings is 2. The van der Waals surface area contributed by atoms with Crippen molar-refractivity contribution in [3.63, 3.8) is 0 Å². The molecule has 0 bridgehead atoms. The number of rotatable bonds is 3. The van der Waals surface area contributed by atoms with Crippen LogP contribution in [0, 0.1) is 12.7 Å². The SMILES string of the molecule is Cc1cc(Br)c(NC(C)c2ccc(F)cc2Cl)c(Br)c1. The normalized spacial score (nSPS) is 12.3. The Balaban J connectivity index is 2.30. The fourth-order valence-corrected chi connectivity index (χ4v) is 3.96. The lowest BCUT2D eigenvalue weighted by Crippen LogP contribution is -2.08.